The van der Waals surface area contributed by atoms with E-state index in [-0.39, 0.29) is 17.9 Å². The van der Waals surface area contributed by atoms with E-state index in [0.717, 1.165) is 15.7 Å². The minimum absolute atomic E-state index is 0.0706. The second-order valence-corrected chi connectivity index (χ2v) is 6.03. The Morgan fingerprint density at radius 1 is 1.33 bits per heavy atom. The Kier molecular flexibility index (Phi) is 4.98. The number of carbonyl (C=O) groups excluding carboxylic acids is 1. The highest BCUT2D eigenvalue weighted by Crippen LogP contribution is 2.26. The van der Waals surface area contributed by atoms with Crippen molar-refractivity contribution >= 4 is 23.4 Å². The predicted octanol–water partition coefficient (Wildman–Crippen LogP) is 1.89. The smallest absolute Gasteiger partial charge is 0.228 e. The first-order chi connectivity index (χ1) is 9.97. The van der Waals surface area contributed by atoms with E-state index in [9.17, 15) is 4.79 Å². The van der Waals surface area contributed by atoms with Crippen molar-refractivity contribution in [2.45, 2.75) is 29.9 Å². The molecule has 2 rings (SSSR count). The molecule has 1 amide bonds. The molecule has 0 radical (unpaired) electrons. The number of rotatable bonds is 5. The van der Waals surface area contributed by atoms with Crippen molar-refractivity contribution in [3.8, 4) is 0 Å². The molecule has 21 heavy (non-hydrogen) atoms. The van der Waals surface area contributed by atoms with Crippen LogP contribution in [-0.4, -0.2) is 26.7 Å². The van der Waals surface area contributed by atoms with Crippen LogP contribution in [0.25, 0.3) is 0 Å². The van der Waals surface area contributed by atoms with Crippen molar-refractivity contribution < 1.29 is 4.79 Å². The number of nitrogens with zero attached hydrogens (tertiary/aromatic N) is 3. The highest BCUT2D eigenvalue weighted by Gasteiger charge is 2.16. The molecule has 0 aliphatic rings. The summed E-state index contributed by atoms with van der Waals surface area (Å²) in [5.74, 6) is -0.295. The van der Waals surface area contributed by atoms with Crippen LogP contribution < -0.4 is 11.1 Å². The van der Waals surface area contributed by atoms with E-state index < -0.39 is 0 Å². The molecule has 2 atom stereocenters. The number of amides is 1. The standard InChI is InChI=1S/C14H19N5OS/c1-9(10(2)15)13(20)17-11-4-6-12(7-5-11)21-14-18-16-8-19(14)3/h4-10H,15H2,1-3H3,(H,17,20). The van der Waals surface area contributed by atoms with E-state index in [1.165, 1.54) is 11.8 Å². The molecular weight excluding hydrogens is 286 g/mol. The Morgan fingerprint density at radius 2 is 2.00 bits per heavy atom. The van der Waals surface area contributed by atoms with Gasteiger partial charge in [0.15, 0.2) is 5.16 Å². The van der Waals surface area contributed by atoms with Crippen molar-refractivity contribution in [1.29, 1.82) is 0 Å². The summed E-state index contributed by atoms with van der Waals surface area (Å²) in [6.07, 6.45) is 1.66. The normalized spacial score (nSPS) is 13.7. The second-order valence-electron chi connectivity index (χ2n) is 4.99. The molecule has 1 aromatic carbocycles. The number of aryl methyl sites for hydroxylation is 1. The van der Waals surface area contributed by atoms with Crippen molar-refractivity contribution in [2.24, 2.45) is 18.7 Å². The molecule has 112 valence electrons. The average molecular weight is 305 g/mol. The molecule has 0 aliphatic carbocycles. The molecule has 0 fully saturated rings. The fourth-order valence-electron chi connectivity index (χ4n) is 1.57. The number of hydrogen-bond donors (Lipinski definition) is 2. The van der Waals surface area contributed by atoms with E-state index in [1.807, 2.05) is 49.7 Å². The Morgan fingerprint density at radius 3 is 2.52 bits per heavy atom. The molecule has 0 saturated carbocycles. The molecule has 2 unspecified atom stereocenters. The van der Waals surface area contributed by atoms with Gasteiger partial charge >= 0.3 is 0 Å². The average Bonchev–Trinajstić information content (AvgIpc) is 2.85. The maximum Gasteiger partial charge on any atom is 0.228 e. The molecule has 6 nitrogen and oxygen atoms in total. The number of aromatic nitrogens is 3. The molecule has 1 heterocycles. The summed E-state index contributed by atoms with van der Waals surface area (Å²) < 4.78 is 1.85. The Hall–Kier alpha value is -1.86. The largest absolute Gasteiger partial charge is 0.327 e. The van der Waals surface area contributed by atoms with E-state index >= 15 is 0 Å². The lowest BCUT2D eigenvalue weighted by molar-refractivity contribution is -0.119. The third-order valence-electron chi connectivity index (χ3n) is 3.20. The van der Waals surface area contributed by atoms with E-state index in [2.05, 4.69) is 15.5 Å². The van der Waals surface area contributed by atoms with Crippen LogP contribution in [0, 0.1) is 5.92 Å². The first-order valence-electron chi connectivity index (χ1n) is 6.65. The van der Waals surface area contributed by atoms with Crippen LogP contribution in [0.4, 0.5) is 5.69 Å². The van der Waals surface area contributed by atoms with E-state index in [1.54, 1.807) is 6.33 Å². The van der Waals surface area contributed by atoms with Crippen LogP contribution in [0.15, 0.2) is 40.6 Å². The number of benzene rings is 1. The van der Waals surface area contributed by atoms with Crippen molar-refractivity contribution in [3.05, 3.63) is 30.6 Å². The number of carbonyl (C=O) groups is 1. The number of nitrogens with one attached hydrogen (secondary N) is 1. The fourth-order valence-corrected chi connectivity index (χ4v) is 2.33. The molecule has 2 aromatic rings. The number of nitrogens with two attached hydrogens (primary N) is 1. The number of hydrogen-bond acceptors (Lipinski definition) is 5. The SMILES string of the molecule is CC(N)C(C)C(=O)Nc1ccc(Sc2nncn2C)cc1. The lowest BCUT2D eigenvalue weighted by atomic mass is 10.0. The van der Waals surface area contributed by atoms with E-state index in [4.69, 9.17) is 5.73 Å². The van der Waals surface area contributed by atoms with Crippen LogP contribution in [0.2, 0.25) is 0 Å². The zero-order chi connectivity index (χ0) is 15.4. The van der Waals surface area contributed by atoms with Gasteiger partial charge in [-0.05, 0) is 43.0 Å². The van der Waals surface area contributed by atoms with Crippen molar-refractivity contribution in [2.75, 3.05) is 5.32 Å². The zero-order valence-electron chi connectivity index (χ0n) is 12.3. The van der Waals surface area contributed by atoms with Gasteiger partial charge in [-0.15, -0.1) is 10.2 Å². The van der Waals surface area contributed by atoms with Crippen LogP contribution in [0.3, 0.4) is 0 Å². The van der Waals surface area contributed by atoms with Gasteiger partial charge in [-0.2, -0.15) is 0 Å². The van der Waals surface area contributed by atoms with Gasteiger partial charge in [0.05, 0.1) is 5.92 Å². The summed E-state index contributed by atoms with van der Waals surface area (Å²) in [5, 5.41) is 11.5. The molecule has 0 spiro atoms. The first-order valence-corrected chi connectivity index (χ1v) is 7.47. The first kappa shape index (κ1) is 15.5. The summed E-state index contributed by atoms with van der Waals surface area (Å²) in [7, 11) is 1.90. The minimum atomic E-state index is -0.224. The van der Waals surface area contributed by atoms with Crippen LogP contribution in [-0.2, 0) is 11.8 Å². The van der Waals surface area contributed by atoms with E-state index in [0.29, 0.717) is 0 Å². The van der Waals surface area contributed by atoms with Gasteiger partial charge in [0, 0.05) is 23.7 Å². The number of anilines is 1. The molecule has 1 aromatic heterocycles. The predicted molar refractivity (Wildman–Crippen MR) is 83.0 cm³/mol. The topological polar surface area (TPSA) is 85.8 Å². The van der Waals surface area contributed by atoms with Crippen LogP contribution >= 0.6 is 11.8 Å². The van der Waals surface area contributed by atoms with Gasteiger partial charge in [-0.3, -0.25) is 4.79 Å². The highest BCUT2D eigenvalue weighted by molar-refractivity contribution is 7.99. The minimum Gasteiger partial charge on any atom is -0.327 e. The molecule has 0 bridgehead atoms. The molecule has 7 heteroatoms. The lowest BCUT2D eigenvalue weighted by Crippen LogP contribution is -2.34. The Balaban J connectivity index is 1.99. The van der Waals surface area contributed by atoms with Gasteiger partial charge in [0.1, 0.15) is 6.33 Å². The van der Waals surface area contributed by atoms with Crippen molar-refractivity contribution in [1.82, 2.24) is 14.8 Å². The maximum atomic E-state index is 11.9. The Bertz CT molecular complexity index is 608. The van der Waals surface area contributed by atoms with Crippen LogP contribution in [0.5, 0.6) is 0 Å². The molecule has 0 aliphatic heterocycles. The molecule has 3 N–H and O–H groups in total. The second kappa shape index (κ2) is 6.73. The van der Waals surface area contributed by atoms with Gasteiger partial charge in [0.2, 0.25) is 5.91 Å². The van der Waals surface area contributed by atoms with Gasteiger partial charge < -0.3 is 15.6 Å². The van der Waals surface area contributed by atoms with Crippen LogP contribution in [0.1, 0.15) is 13.8 Å². The highest BCUT2D eigenvalue weighted by atomic mass is 32.2. The summed E-state index contributed by atoms with van der Waals surface area (Å²) in [5.41, 5.74) is 6.48. The summed E-state index contributed by atoms with van der Waals surface area (Å²) in [6.45, 7) is 3.64. The zero-order valence-corrected chi connectivity index (χ0v) is 13.1. The summed E-state index contributed by atoms with van der Waals surface area (Å²) in [4.78, 5) is 13.0. The fraction of sp³-hybridized carbons (Fsp3) is 0.357. The summed E-state index contributed by atoms with van der Waals surface area (Å²) in [6, 6.07) is 7.43. The Labute approximate surface area is 128 Å². The van der Waals surface area contributed by atoms with Gasteiger partial charge in [0.25, 0.3) is 0 Å². The van der Waals surface area contributed by atoms with Gasteiger partial charge in [-0.1, -0.05) is 6.92 Å². The molecule has 0 saturated heterocycles. The van der Waals surface area contributed by atoms with Gasteiger partial charge in [-0.25, -0.2) is 0 Å². The third-order valence-corrected chi connectivity index (χ3v) is 4.26. The maximum absolute atomic E-state index is 11.9. The third kappa shape index (κ3) is 4.05. The monoisotopic (exact) mass is 305 g/mol. The lowest BCUT2D eigenvalue weighted by Gasteiger charge is -2.15. The quantitative estimate of drug-likeness (QED) is 0.881. The molecular formula is C14H19N5OS. The van der Waals surface area contributed by atoms with Crippen molar-refractivity contribution in [3.63, 3.8) is 0 Å². The summed E-state index contributed by atoms with van der Waals surface area (Å²) >= 11 is 1.52.